The second-order valence-corrected chi connectivity index (χ2v) is 4.50. The van der Waals surface area contributed by atoms with Crippen molar-refractivity contribution in [2.75, 3.05) is 45.8 Å². The molecule has 0 aliphatic rings. The quantitative estimate of drug-likeness (QED) is 0.654. The van der Waals surface area contributed by atoms with Gasteiger partial charge < -0.3 is 15.0 Å². The fraction of sp³-hybridized carbons (Fsp3) is 0.692. The molecular weight excluding hydrogens is 244 g/mol. The zero-order chi connectivity index (χ0) is 14.1. The second kappa shape index (κ2) is 8.66. The molecule has 6 nitrogen and oxygen atoms in total. The van der Waals surface area contributed by atoms with E-state index in [1.165, 1.54) is 4.68 Å². The van der Waals surface area contributed by atoms with Crippen molar-refractivity contribution < 1.29 is 4.74 Å². The van der Waals surface area contributed by atoms with Crippen LogP contribution < -0.4 is 15.8 Å². The number of unbranched alkanes of at least 4 members (excludes halogenated alkanes) is 1. The van der Waals surface area contributed by atoms with Gasteiger partial charge in [-0.1, -0.05) is 0 Å². The number of rotatable bonds is 9. The molecule has 6 heteroatoms. The zero-order valence-electron chi connectivity index (χ0n) is 12.1. The number of likely N-dealkylation sites (N-methyl/N-ethyl adjacent to an activating group) is 1. The number of methoxy groups -OCH3 is 1. The van der Waals surface area contributed by atoms with Gasteiger partial charge in [-0.25, -0.2) is 4.68 Å². The fourth-order valence-corrected chi connectivity index (χ4v) is 1.72. The smallest absolute Gasteiger partial charge is 0.268 e. The maximum Gasteiger partial charge on any atom is 0.268 e. The molecule has 1 heterocycles. The minimum atomic E-state index is -0.0498. The van der Waals surface area contributed by atoms with Crippen LogP contribution in [0.15, 0.2) is 17.1 Å². The van der Waals surface area contributed by atoms with Gasteiger partial charge in [0.25, 0.3) is 5.56 Å². The molecule has 0 spiro atoms. The van der Waals surface area contributed by atoms with Crippen molar-refractivity contribution in [3.05, 3.63) is 22.6 Å². The number of aromatic nitrogens is 2. The number of nitrogens with zero attached hydrogens (tertiary/aromatic N) is 3. The van der Waals surface area contributed by atoms with Crippen molar-refractivity contribution in [1.82, 2.24) is 15.1 Å². The first-order valence-corrected chi connectivity index (χ1v) is 6.61. The molecule has 0 radical (unpaired) electrons. The first kappa shape index (κ1) is 15.7. The molecule has 0 aliphatic heterocycles. The molecule has 0 atom stereocenters. The Morgan fingerprint density at radius 2 is 2.26 bits per heavy atom. The summed E-state index contributed by atoms with van der Waals surface area (Å²) < 4.78 is 6.53. The van der Waals surface area contributed by atoms with E-state index in [9.17, 15) is 4.79 Å². The summed E-state index contributed by atoms with van der Waals surface area (Å²) in [6.45, 7) is 3.00. The van der Waals surface area contributed by atoms with E-state index in [-0.39, 0.29) is 5.56 Å². The largest absolute Gasteiger partial charge is 0.383 e. The Morgan fingerprint density at radius 3 is 2.89 bits per heavy atom. The molecule has 0 aliphatic carbocycles. The van der Waals surface area contributed by atoms with Gasteiger partial charge in [-0.15, -0.1) is 0 Å². The van der Waals surface area contributed by atoms with Gasteiger partial charge in [-0.2, -0.15) is 5.10 Å². The van der Waals surface area contributed by atoms with E-state index in [2.05, 4.69) is 10.4 Å². The van der Waals surface area contributed by atoms with E-state index in [1.807, 2.05) is 19.0 Å². The highest BCUT2D eigenvalue weighted by Gasteiger charge is 2.04. The van der Waals surface area contributed by atoms with Crippen LogP contribution in [0.1, 0.15) is 12.8 Å². The van der Waals surface area contributed by atoms with Gasteiger partial charge in [0.2, 0.25) is 0 Å². The fourth-order valence-electron chi connectivity index (χ4n) is 1.72. The third-order valence-corrected chi connectivity index (χ3v) is 2.97. The Balaban J connectivity index is 2.56. The van der Waals surface area contributed by atoms with Gasteiger partial charge in [0.15, 0.2) is 0 Å². The van der Waals surface area contributed by atoms with Crippen molar-refractivity contribution >= 4 is 5.69 Å². The molecule has 0 amide bonds. The highest BCUT2D eigenvalue weighted by Crippen LogP contribution is 2.06. The predicted octanol–water partition coefficient (Wildman–Crippen LogP) is 0.326. The van der Waals surface area contributed by atoms with Crippen LogP contribution in [0.4, 0.5) is 5.69 Å². The molecule has 0 unspecified atom stereocenters. The average Bonchev–Trinajstić information content (AvgIpc) is 2.42. The van der Waals surface area contributed by atoms with Crippen molar-refractivity contribution in [3.63, 3.8) is 0 Å². The molecule has 1 aromatic heterocycles. The van der Waals surface area contributed by atoms with Gasteiger partial charge in [-0.05, 0) is 26.4 Å². The summed E-state index contributed by atoms with van der Waals surface area (Å²) in [6, 6.07) is 1.63. The highest BCUT2D eigenvalue weighted by molar-refractivity contribution is 5.41. The van der Waals surface area contributed by atoms with Gasteiger partial charge in [0.05, 0.1) is 18.5 Å². The maximum atomic E-state index is 11.9. The summed E-state index contributed by atoms with van der Waals surface area (Å²) in [5.41, 5.74) is 0.778. The van der Waals surface area contributed by atoms with Crippen LogP contribution in [0, 0.1) is 0 Å². The third kappa shape index (κ3) is 5.40. The van der Waals surface area contributed by atoms with Crippen molar-refractivity contribution in [2.45, 2.75) is 19.4 Å². The first-order valence-electron chi connectivity index (χ1n) is 6.61. The number of anilines is 1. The van der Waals surface area contributed by atoms with E-state index < -0.39 is 0 Å². The molecule has 0 aromatic carbocycles. The Kier molecular flexibility index (Phi) is 7.14. The van der Waals surface area contributed by atoms with Crippen LogP contribution in [0.5, 0.6) is 0 Å². The minimum Gasteiger partial charge on any atom is -0.383 e. The first-order chi connectivity index (χ1) is 9.19. The van der Waals surface area contributed by atoms with Crippen molar-refractivity contribution in [1.29, 1.82) is 0 Å². The molecular formula is C13H24N4O2. The molecule has 1 N–H and O–H groups in total. The highest BCUT2D eigenvalue weighted by atomic mass is 16.5. The lowest BCUT2D eigenvalue weighted by Gasteiger charge is -2.18. The van der Waals surface area contributed by atoms with Gasteiger partial charge in [0, 0.05) is 33.3 Å². The second-order valence-electron chi connectivity index (χ2n) is 4.50. The summed E-state index contributed by atoms with van der Waals surface area (Å²) in [4.78, 5) is 13.9. The van der Waals surface area contributed by atoms with Gasteiger partial charge in [0.1, 0.15) is 0 Å². The molecule has 0 saturated carbocycles. The van der Waals surface area contributed by atoms with E-state index in [4.69, 9.17) is 4.74 Å². The Labute approximate surface area is 114 Å². The summed E-state index contributed by atoms with van der Waals surface area (Å²) in [5.74, 6) is 0. The number of ether oxygens (including phenoxy) is 1. The summed E-state index contributed by atoms with van der Waals surface area (Å²) in [7, 11) is 5.51. The van der Waals surface area contributed by atoms with E-state index in [0.717, 1.165) is 31.6 Å². The molecule has 1 aromatic rings. The molecule has 108 valence electrons. The lowest BCUT2D eigenvalue weighted by Crippen LogP contribution is -2.27. The lowest BCUT2D eigenvalue weighted by atomic mass is 10.3. The van der Waals surface area contributed by atoms with Crippen molar-refractivity contribution in [3.8, 4) is 0 Å². The van der Waals surface area contributed by atoms with Crippen LogP contribution in [0.2, 0.25) is 0 Å². The predicted molar refractivity (Wildman–Crippen MR) is 76.8 cm³/mol. The van der Waals surface area contributed by atoms with Crippen molar-refractivity contribution in [2.24, 2.45) is 0 Å². The van der Waals surface area contributed by atoms with Crippen LogP contribution in [-0.4, -0.2) is 50.7 Å². The molecule has 0 saturated heterocycles. The molecule has 0 bridgehead atoms. The molecule has 19 heavy (non-hydrogen) atoms. The molecule has 1 rings (SSSR count). The summed E-state index contributed by atoms with van der Waals surface area (Å²) in [5, 5.41) is 7.29. The van der Waals surface area contributed by atoms with Crippen LogP contribution in [0.3, 0.4) is 0 Å². The van der Waals surface area contributed by atoms with Gasteiger partial charge in [-0.3, -0.25) is 4.79 Å². The summed E-state index contributed by atoms with van der Waals surface area (Å²) >= 11 is 0. The number of hydrogen-bond acceptors (Lipinski definition) is 5. The number of aryl methyl sites for hydroxylation is 1. The third-order valence-electron chi connectivity index (χ3n) is 2.97. The topological polar surface area (TPSA) is 59.4 Å². The average molecular weight is 268 g/mol. The zero-order valence-corrected chi connectivity index (χ0v) is 12.1. The van der Waals surface area contributed by atoms with E-state index >= 15 is 0 Å². The SMILES string of the molecule is CNCCCCn1ncc(N(C)CCOC)cc1=O. The van der Waals surface area contributed by atoms with Crippen LogP contribution in [-0.2, 0) is 11.3 Å². The minimum absolute atomic E-state index is 0.0498. The van der Waals surface area contributed by atoms with Crippen LogP contribution >= 0.6 is 0 Å². The monoisotopic (exact) mass is 268 g/mol. The Bertz CT molecular complexity index is 419. The number of hydrogen-bond donors (Lipinski definition) is 1. The molecule has 0 fully saturated rings. The number of nitrogens with one attached hydrogen (secondary N) is 1. The van der Waals surface area contributed by atoms with E-state index in [0.29, 0.717) is 13.2 Å². The van der Waals surface area contributed by atoms with Gasteiger partial charge >= 0.3 is 0 Å². The maximum absolute atomic E-state index is 11.9. The lowest BCUT2D eigenvalue weighted by molar-refractivity contribution is 0.206. The standard InChI is InChI=1S/C13H24N4O2/c1-14-6-4-5-7-17-13(18)10-12(11-15-17)16(2)8-9-19-3/h10-11,14H,4-9H2,1-3H3. The Morgan fingerprint density at radius 1 is 1.47 bits per heavy atom. The summed E-state index contributed by atoms with van der Waals surface area (Å²) in [6.07, 6.45) is 3.72. The normalized spacial score (nSPS) is 10.7. The van der Waals surface area contributed by atoms with E-state index in [1.54, 1.807) is 19.4 Å². The van der Waals surface area contributed by atoms with Crippen LogP contribution in [0.25, 0.3) is 0 Å². The Hall–Kier alpha value is -1.40.